The number of carbonyl (C=O) groups is 1. The zero-order valence-corrected chi connectivity index (χ0v) is 10.8. The molecule has 0 unspecified atom stereocenters. The number of nitrogens with zero attached hydrogens (tertiary/aromatic N) is 2. The van der Waals surface area contributed by atoms with Crippen molar-refractivity contribution in [1.29, 1.82) is 0 Å². The molecule has 1 saturated heterocycles. The van der Waals surface area contributed by atoms with Gasteiger partial charge in [-0.3, -0.25) is 4.79 Å². The largest absolute Gasteiger partial charge is 0.386 e. The number of β-amino-alcohol motifs (C(OH)–C–C–N with tert-alkyl or cyclic N) is 1. The van der Waals surface area contributed by atoms with E-state index in [0.717, 1.165) is 10.0 Å². The summed E-state index contributed by atoms with van der Waals surface area (Å²) in [7, 11) is 0. The van der Waals surface area contributed by atoms with E-state index in [1.807, 2.05) is 13.0 Å². The van der Waals surface area contributed by atoms with Crippen molar-refractivity contribution >= 4 is 21.8 Å². The fourth-order valence-electron chi connectivity index (χ4n) is 1.76. The van der Waals surface area contributed by atoms with Crippen LogP contribution in [0.3, 0.4) is 0 Å². The van der Waals surface area contributed by atoms with Gasteiger partial charge in [-0.15, -0.1) is 0 Å². The molecule has 0 radical (unpaired) electrons. The first-order valence-electron chi connectivity index (χ1n) is 5.03. The summed E-state index contributed by atoms with van der Waals surface area (Å²) in [6, 6.07) is 1.84. The normalized spacial score (nSPS) is 18.1. The Labute approximate surface area is 102 Å². The molecule has 0 aromatic carbocycles. The maximum absolute atomic E-state index is 12.0. The molecule has 1 aliphatic rings. The topological polar surface area (TPSA) is 53.4 Å². The van der Waals surface area contributed by atoms with Crippen molar-refractivity contribution in [3.05, 3.63) is 28.0 Å². The summed E-state index contributed by atoms with van der Waals surface area (Å²) in [6.45, 7) is 4.37. The summed E-state index contributed by atoms with van der Waals surface area (Å²) in [6.07, 6.45) is 1.62. The van der Waals surface area contributed by atoms with Crippen LogP contribution >= 0.6 is 15.9 Å². The number of hydrogen-bond donors (Lipinski definition) is 1. The van der Waals surface area contributed by atoms with Gasteiger partial charge in [-0.1, -0.05) is 0 Å². The summed E-state index contributed by atoms with van der Waals surface area (Å²) in [5.41, 5.74) is 0.646. The highest BCUT2D eigenvalue weighted by molar-refractivity contribution is 9.10. The molecule has 4 nitrogen and oxygen atoms in total. The smallest absolute Gasteiger partial charge is 0.273 e. The van der Waals surface area contributed by atoms with Gasteiger partial charge in [0.15, 0.2) is 0 Å². The summed E-state index contributed by atoms with van der Waals surface area (Å²) in [5.74, 6) is -0.137. The predicted octanol–water partition coefficient (Wildman–Crippen LogP) is 1.36. The van der Waals surface area contributed by atoms with Gasteiger partial charge in [-0.05, 0) is 41.4 Å². The summed E-state index contributed by atoms with van der Waals surface area (Å²) in [5, 5.41) is 9.58. The number of pyridine rings is 1. The van der Waals surface area contributed by atoms with Gasteiger partial charge in [0.1, 0.15) is 5.69 Å². The monoisotopic (exact) mass is 284 g/mol. The molecule has 0 bridgehead atoms. The van der Waals surface area contributed by atoms with E-state index in [9.17, 15) is 9.90 Å². The number of carbonyl (C=O) groups excluding carboxylic acids is 1. The number of amides is 1. The molecule has 0 atom stereocenters. The van der Waals surface area contributed by atoms with E-state index in [4.69, 9.17) is 0 Å². The van der Waals surface area contributed by atoms with E-state index in [-0.39, 0.29) is 5.91 Å². The Kier molecular flexibility index (Phi) is 2.75. The highest BCUT2D eigenvalue weighted by Gasteiger charge is 2.40. The molecule has 2 heterocycles. The molecule has 0 saturated carbocycles. The molecule has 1 amide bonds. The van der Waals surface area contributed by atoms with E-state index in [0.29, 0.717) is 18.8 Å². The number of aromatic nitrogens is 1. The molecule has 0 aliphatic carbocycles. The molecule has 2 rings (SSSR count). The minimum atomic E-state index is -0.744. The van der Waals surface area contributed by atoms with Gasteiger partial charge in [-0.2, -0.15) is 0 Å². The maximum atomic E-state index is 12.0. The average Bonchev–Trinajstić information content (AvgIpc) is 2.17. The summed E-state index contributed by atoms with van der Waals surface area (Å²) >= 11 is 3.36. The summed E-state index contributed by atoms with van der Waals surface area (Å²) < 4.78 is 0.728. The zero-order valence-electron chi connectivity index (χ0n) is 9.20. The lowest BCUT2D eigenvalue weighted by atomic mass is 9.96. The second-order valence-corrected chi connectivity index (χ2v) is 5.24. The van der Waals surface area contributed by atoms with Crippen LogP contribution in [0.25, 0.3) is 0 Å². The second kappa shape index (κ2) is 3.82. The molecule has 0 spiro atoms. The Morgan fingerprint density at radius 2 is 2.25 bits per heavy atom. The van der Waals surface area contributed by atoms with Gasteiger partial charge < -0.3 is 10.0 Å². The molecule has 16 heavy (non-hydrogen) atoms. The molecule has 1 fully saturated rings. The SMILES string of the molecule is Cc1ccnc(C(=O)N2CC(C)(O)C2)c1Br. The van der Waals surface area contributed by atoms with Crippen LogP contribution in [0.5, 0.6) is 0 Å². The molecule has 1 aliphatic heterocycles. The first-order valence-corrected chi connectivity index (χ1v) is 5.83. The lowest BCUT2D eigenvalue weighted by Gasteiger charge is -2.44. The third kappa shape index (κ3) is 1.97. The van der Waals surface area contributed by atoms with Crippen molar-refractivity contribution in [2.45, 2.75) is 19.4 Å². The molecule has 1 aromatic rings. The number of hydrogen-bond acceptors (Lipinski definition) is 3. The Morgan fingerprint density at radius 3 is 2.81 bits per heavy atom. The number of likely N-dealkylation sites (tertiary alicyclic amines) is 1. The summed E-state index contributed by atoms with van der Waals surface area (Å²) in [4.78, 5) is 17.7. The van der Waals surface area contributed by atoms with Gasteiger partial charge >= 0.3 is 0 Å². The average molecular weight is 285 g/mol. The third-order valence-corrected chi connectivity index (χ3v) is 3.64. The van der Waals surface area contributed by atoms with E-state index in [1.165, 1.54) is 0 Å². The van der Waals surface area contributed by atoms with Gasteiger partial charge in [0.25, 0.3) is 5.91 Å². The van der Waals surface area contributed by atoms with E-state index >= 15 is 0 Å². The van der Waals surface area contributed by atoms with Crippen molar-refractivity contribution in [1.82, 2.24) is 9.88 Å². The van der Waals surface area contributed by atoms with Crippen molar-refractivity contribution in [3.8, 4) is 0 Å². The first-order chi connectivity index (χ1) is 7.41. The van der Waals surface area contributed by atoms with Crippen molar-refractivity contribution < 1.29 is 9.90 Å². The van der Waals surface area contributed by atoms with Crippen molar-refractivity contribution in [2.75, 3.05) is 13.1 Å². The van der Waals surface area contributed by atoms with E-state index in [2.05, 4.69) is 20.9 Å². The Bertz CT molecular complexity index is 438. The maximum Gasteiger partial charge on any atom is 0.273 e. The van der Waals surface area contributed by atoms with Crippen LogP contribution in [0.15, 0.2) is 16.7 Å². The minimum absolute atomic E-state index is 0.137. The van der Waals surface area contributed by atoms with Gasteiger partial charge in [0, 0.05) is 6.20 Å². The molecule has 1 N–H and O–H groups in total. The van der Waals surface area contributed by atoms with Gasteiger partial charge in [0.05, 0.1) is 23.2 Å². The predicted molar refractivity (Wildman–Crippen MR) is 63.2 cm³/mol. The molecule has 86 valence electrons. The Hall–Kier alpha value is -0.940. The third-order valence-electron chi connectivity index (χ3n) is 2.64. The van der Waals surface area contributed by atoms with Crippen LogP contribution in [0.4, 0.5) is 0 Å². The first kappa shape index (κ1) is 11.5. The lowest BCUT2D eigenvalue weighted by molar-refractivity contribution is -0.0671. The van der Waals surface area contributed by atoms with E-state index < -0.39 is 5.60 Å². The fourth-order valence-corrected chi connectivity index (χ4v) is 2.16. The number of aryl methyl sites for hydroxylation is 1. The number of halogens is 1. The Balaban J connectivity index is 2.20. The van der Waals surface area contributed by atoms with Crippen LogP contribution < -0.4 is 0 Å². The van der Waals surface area contributed by atoms with Crippen molar-refractivity contribution in [2.24, 2.45) is 0 Å². The zero-order chi connectivity index (χ0) is 11.9. The fraction of sp³-hybridized carbons (Fsp3) is 0.455. The van der Waals surface area contributed by atoms with Crippen LogP contribution in [-0.4, -0.2) is 39.6 Å². The van der Waals surface area contributed by atoms with Gasteiger partial charge in [-0.25, -0.2) is 4.98 Å². The molecule has 5 heteroatoms. The molecule has 1 aromatic heterocycles. The second-order valence-electron chi connectivity index (χ2n) is 4.45. The lowest BCUT2D eigenvalue weighted by Crippen LogP contribution is -2.61. The van der Waals surface area contributed by atoms with Gasteiger partial charge in [0.2, 0.25) is 0 Å². The van der Waals surface area contributed by atoms with Crippen molar-refractivity contribution in [3.63, 3.8) is 0 Å². The number of aliphatic hydroxyl groups is 1. The number of rotatable bonds is 1. The van der Waals surface area contributed by atoms with Crippen LogP contribution in [0.2, 0.25) is 0 Å². The van der Waals surface area contributed by atoms with Crippen LogP contribution in [0, 0.1) is 6.92 Å². The molecular weight excluding hydrogens is 272 g/mol. The quantitative estimate of drug-likeness (QED) is 0.847. The van der Waals surface area contributed by atoms with Crippen LogP contribution in [0.1, 0.15) is 23.0 Å². The standard InChI is InChI=1S/C11H13BrN2O2/c1-7-3-4-13-9(8(7)12)10(15)14-5-11(2,16)6-14/h3-4,16H,5-6H2,1-2H3. The Morgan fingerprint density at radius 1 is 1.62 bits per heavy atom. The highest BCUT2D eigenvalue weighted by atomic mass is 79.9. The minimum Gasteiger partial charge on any atom is -0.386 e. The molecular formula is C11H13BrN2O2. The van der Waals surface area contributed by atoms with E-state index in [1.54, 1.807) is 18.0 Å². The highest BCUT2D eigenvalue weighted by Crippen LogP contribution is 2.25. The van der Waals surface area contributed by atoms with Crippen LogP contribution in [-0.2, 0) is 0 Å².